The molecule has 0 saturated heterocycles. The number of amides is 1. The SMILES string of the molecule is CC(O)(CN(Cc1ccc(-c2cccc(F)c2)cc1)NC(=O)c1cc(=O)[nH]o1)C(=O)O. The van der Waals surface area contributed by atoms with Crippen molar-refractivity contribution < 1.29 is 28.7 Å². The highest BCUT2D eigenvalue weighted by atomic mass is 19.1. The Hall–Kier alpha value is -3.76. The lowest BCUT2D eigenvalue weighted by Gasteiger charge is -2.28. The molecule has 0 bridgehead atoms. The summed E-state index contributed by atoms with van der Waals surface area (Å²) in [6.07, 6.45) is 0. The topological polar surface area (TPSA) is 136 Å². The lowest BCUT2D eigenvalue weighted by molar-refractivity contribution is -0.159. The lowest BCUT2D eigenvalue weighted by atomic mass is 10.0. The van der Waals surface area contributed by atoms with E-state index >= 15 is 0 Å². The number of aromatic amines is 1. The van der Waals surface area contributed by atoms with Crippen LogP contribution in [0.5, 0.6) is 0 Å². The van der Waals surface area contributed by atoms with Gasteiger partial charge in [-0.05, 0) is 35.7 Å². The van der Waals surface area contributed by atoms with E-state index in [1.165, 1.54) is 17.1 Å². The number of H-pyrrole nitrogens is 1. The van der Waals surface area contributed by atoms with Crippen molar-refractivity contribution in [1.82, 2.24) is 15.6 Å². The maximum absolute atomic E-state index is 13.4. The molecule has 3 rings (SSSR count). The molecular weight excluding hydrogens is 409 g/mol. The van der Waals surface area contributed by atoms with Crippen LogP contribution in [0.1, 0.15) is 23.0 Å². The van der Waals surface area contributed by atoms with Crippen LogP contribution in [0.3, 0.4) is 0 Å². The van der Waals surface area contributed by atoms with Crippen molar-refractivity contribution in [3.63, 3.8) is 0 Å². The van der Waals surface area contributed by atoms with Gasteiger partial charge in [0.1, 0.15) is 5.82 Å². The summed E-state index contributed by atoms with van der Waals surface area (Å²) in [5, 5.41) is 22.5. The van der Waals surface area contributed by atoms with Crippen LogP contribution in [0.4, 0.5) is 4.39 Å². The van der Waals surface area contributed by atoms with Crippen LogP contribution in [0.25, 0.3) is 11.1 Å². The maximum Gasteiger partial charge on any atom is 0.336 e. The van der Waals surface area contributed by atoms with Gasteiger partial charge in [-0.15, -0.1) is 0 Å². The number of aliphatic hydroxyl groups is 1. The molecule has 0 radical (unpaired) electrons. The van der Waals surface area contributed by atoms with Crippen LogP contribution in [-0.4, -0.2) is 44.4 Å². The molecular formula is C21H20FN3O6. The minimum Gasteiger partial charge on any atom is -0.479 e. The van der Waals surface area contributed by atoms with Gasteiger partial charge in [0.25, 0.3) is 5.56 Å². The van der Waals surface area contributed by atoms with Gasteiger partial charge in [-0.25, -0.2) is 14.2 Å². The summed E-state index contributed by atoms with van der Waals surface area (Å²) in [7, 11) is 0. The number of nitrogens with zero attached hydrogens (tertiary/aromatic N) is 1. The molecule has 31 heavy (non-hydrogen) atoms. The number of nitrogens with one attached hydrogen (secondary N) is 2. The highest BCUT2D eigenvalue weighted by molar-refractivity contribution is 5.90. The number of carboxylic acid groups (broad SMARTS) is 1. The number of halogens is 1. The van der Waals surface area contributed by atoms with E-state index in [2.05, 4.69) is 5.43 Å². The highest BCUT2D eigenvalue weighted by Crippen LogP contribution is 2.21. The molecule has 0 aliphatic heterocycles. The van der Waals surface area contributed by atoms with Gasteiger partial charge in [0.2, 0.25) is 5.76 Å². The average molecular weight is 429 g/mol. The molecule has 1 unspecified atom stereocenters. The summed E-state index contributed by atoms with van der Waals surface area (Å²) in [4.78, 5) is 34.8. The normalized spacial score (nSPS) is 13.0. The zero-order chi connectivity index (χ0) is 22.6. The molecule has 2 aromatic carbocycles. The number of carbonyl (C=O) groups is 2. The maximum atomic E-state index is 13.4. The summed E-state index contributed by atoms with van der Waals surface area (Å²) in [6, 6.07) is 14.0. The van der Waals surface area contributed by atoms with Crippen molar-refractivity contribution in [2.75, 3.05) is 6.54 Å². The van der Waals surface area contributed by atoms with Gasteiger partial charge in [-0.1, -0.05) is 36.4 Å². The first-order valence-corrected chi connectivity index (χ1v) is 9.19. The number of aliphatic carboxylic acids is 1. The van der Waals surface area contributed by atoms with Crippen molar-refractivity contribution in [1.29, 1.82) is 0 Å². The zero-order valence-corrected chi connectivity index (χ0v) is 16.5. The fourth-order valence-electron chi connectivity index (χ4n) is 2.86. The Balaban J connectivity index is 1.79. The van der Waals surface area contributed by atoms with Gasteiger partial charge >= 0.3 is 11.9 Å². The Morgan fingerprint density at radius 2 is 1.87 bits per heavy atom. The van der Waals surface area contributed by atoms with Gasteiger partial charge in [-0.2, -0.15) is 5.16 Å². The Morgan fingerprint density at radius 1 is 1.16 bits per heavy atom. The molecule has 1 heterocycles. The quantitative estimate of drug-likeness (QED) is 0.401. The van der Waals surface area contributed by atoms with Crippen LogP contribution in [0, 0.1) is 5.82 Å². The molecule has 0 saturated carbocycles. The summed E-state index contributed by atoms with van der Waals surface area (Å²) >= 11 is 0. The van der Waals surface area contributed by atoms with E-state index in [1.54, 1.807) is 36.4 Å². The Bertz CT molecular complexity index is 1140. The minimum atomic E-state index is -2.16. The van der Waals surface area contributed by atoms with Crippen LogP contribution < -0.4 is 11.0 Å². The van der Waals surface area contributed by atoms with Crippen LogP contribution in [-0.2, 0) is 11.3 Å². The van der Waals surface area contributed by atoms with E-state index in [4.69, 9.17) is 4.52 Å². The summed E-state index contributed by atoms with van der Waals surface area (Å²) < 4.78 is 18.2. The Kier molecular flexibility index (Phi) is 6.33. The third-order valence-corrected chi connectivity index (χ3v) is 4.45. The van der Waals surface area contributed by atoms with Gasteiger partial charge in [-0.3, -0.25) is 15.0 Å². The van der Waals surface area contributed by atoms with E-state index < -0.39 is 29.6 Å². The number of aromatic nitrogens is 1. The van der Waals surface area contributed by atoms with E-state index in [1.807, 2.05) is 5.16 Å². The lowest BCUT2D eigenvalue weighted by Crippen LogP contribution is -2.52. The third-order valence-electron chi connectivity index (χ3n) is 4.45. The largest absolute Gasteiger partial charge is 0.479 e. The fourth-order valence-corrected chi connectivity index (χ4v) is 2.86. The average Bonchev–Trinajstić information content (AvgIpc) is 3.14. The third kappa shape index (κ3) is 5.65. The highest BCUT2D eigenvalue weighted by Gasteiger charge is 2.33. The van der Waals surface area contributed by atoms with Gasteiger partial charge in [0, 0.05) is 6.54 Å². The minimum absolute atomic E-state index is 0.0350. The molecule has 3 aromatic rings. The first-order valence-electron chi connectivity index (χ1n) is 9.19. The molecule has 1 atom stereocenters. The number of hydrazine groups is 1. The van der Waals surface area contributed by atoms with E-state index in [9.17, 15) is 29.0 Å². The summed E-state index contributed by atoms with van der Waals surface area (Å²) in [5.74, 6) is -2.92. The second kappa shape index (κ2) is 8.94. The zero-order valence-electron chi connectivity index (χ0n) is 16.5. The number of benzene rings is 2. The predicted octanol–water partition coefficient (Wildman–Crippen LogP) is 1.76. The summed E-state index contributed by atoms with van der Waals surface area (Å²) in [5.41, 5.74) is 1.80. The molecule has 162 valence electrons. The molecule has 1 aromatic heterocycles. The van der Waals surface area contributed by atoms with E-state index in [0.717, 1.165) is 18.6 Å². The van der Waals surface area contributed by atoms with Gasteiger partial charge < -0.3 is 14.7 Å². The molecule has 0 fully saturated rings. The smallest absolute Gasteiger partial charge is 0.336 e. The number of carboxylic acids is 1. The fraction of sp³-hybridized carbons (Fsp3) is 0.190. The first kappa shape index (κ1) is 21.9. The van der Waals surface area contributed by atoms with Crippen molar-refractivity contribution in [3.8, 4) is 11.1 Å². The number of rotatable bonds is 8. The van der Waals surface area contributed by atoms with Gasteiger partial charge in [0.15, 0.2) is 5.60 Å². The van der Waals surface area contributed by atoms with E-state index in [-0.39, 0.29) is 18.1 Å². The molecule has 0 spiro atoms. The molecule has 0 aliphatic carbocycles. The monoisotopic (exact) mass is 429 g/mol. The second-order valence-corrected chi connectivity index (χ2v) is 7.16. The number of carbonyl (C=O) groups excluding carboxylic acids is 1. The molecule has 0 aliphatic rings. The number of hydrogen-bond donors (Lipinski definition) is 4. The Morgan fingerprint density at radius 3 is 2.45 bits per heavy atom. The van der Waals surface area contributed by atoms with Crippen molar-refractivity contribution >= 4 is 11.9 Å². The molecule has 1 amide bonds. The number of hydrogen-bond acceptors (Lipinski definition) is 6. The van der Waals surface area contributed by atoms with Crippen LogP contribution in [0.2, 0.25) is 0 Å². The summed E-state index contributed by atoms with van der Waals surface area (Å²) in [6.45, 7) is 0.680. The van der Waals surface area contributed by atoms with Crippen molar-refractivity contribution in [2.24, 2.45) is 0 Å². The van der Waals surface area contributed by atoms with E-state index in [0.29, 0.717) is 11.1 Å². The second-order valence-electron chi connectivity index (χ2n) is 7.16. The van der Waals surface area contributed by atoms with Crippen molar-refractivity contribution in [3.05, 3.63) is 82.1 Å². The van der Waals surface area contributed by atoms with Crippen molar-refractivity contribution in [2.45, 2.75) is 19.1 Å². The molecule has 4 N–H and O–H groups in total. The standard InChI is InChI=1S/C21H20FN3O6/c1-21(30,20(28)29)12-25(23-19(27)17-10-18(26)24-31-17)11-13-5-7-14(8-6-13)15-3-2-4-16(22)9-15/h2-10,30H,11-12H2,1H3,(H,23,27)(H,24,26)(H,28,29). The Labute approximate surface area is 175 Å². The van der Waals surface area contributed by atoms with Gasteiger partial charge in [0.05, 0.1) is 12.6 Å². The molecule has 9 nitrogen and oxygen atoms in total. The van der Waals surface area contributed by atoms with Crippen LogP contribution >= 0.6 is 0 Å². The molecule has 10 heteroatoms. The van der Waals surface area contributed by atoms with Crippen LogP contribution in [0.15, 0.2) is 63.9 Å². The predicted molar refractivity (Wildman–Crippen MR) is 107 cm³/mol. The first-order chi connectivity index (χ1) is 14.6.